The molecule has 0 aliphatic carbocycles. The summed E-state index contributed by atoms with van der Waals surface area (Å²) in [7, 11) is 0. The Bertz CT molecular complexity index is 448. The third-order valence-electron chi connectivity index (χ3n) is 2.73. The molecule has 0 atom stereocenters. The molecule has 1 aromatic heterocycles. The fourth-order valence-electron chi connectivity index (χ4n) is 1.79. The van der Waals surface area contributed by atoms with Gasteiger partial charge >= 0.3 is 5.97 Å². The van der Waals surface area contributed by atoms with E-state index in [9.17, 15) is 9.90 Å². The molecule has 0 unspecified atom stereocenters. The lowest BCUT2D eigenvalue weighted by Gasteiger charge is -2.19. The van der Waals surface area contributed by atoms with Crippen LogP contribution in [0, 0.1) is 19.3 Å². The van der Waals surface area contributed by atoms with Crippen LogP contribution in [-0.4, -0.2) is 22.6 Å². The first-order valence-corrected chi connectivity index (χ1v) is 6.16. The molecule has 0 aliphatic rings. The molecular formula is C14H22N2O2. The summed E-state index contributed by atoms with van der Waals surface area (Å²) in [6, 6.07) is 1.79. The highest BCUT2D eigenvalue weighted by molar-refractivity contribution is 5.94. The van der Waals surface area contributed by atoms with Gasteiger partial charge in [-0.3, -0.25) is 0 Å². The van der Waals surface area contributed by atoms with Crippen LogP contribution < -0.4 is 5.32 Å². The predicted molar refractivity (Wildman–Crippen MR) is 73.2 cm³/mol. The van der Waals surface area contributed by atoms with E-state index in [1.807, 2.05) is 6.92 Å². The topological polar surface area (TPSA) is 62.2 Å². The highest BCUT2D eigenvalue weighted by Crippen LogP contribution is 2.21. The normalized spacial score (nSPS) is 11.4. The SMILES string of the molecule is Cc1cc(C)c(C(=O)O)c(NCCC(C)(C)C)n1. The van der Waals surface area contributed by atoms with Gasteiger partial charge in [-0.25, -0.2) is 9.78 Å². The molecule has 0 radical (unpaired) electrons. The standard InChI is InChI=1S/C14H22N2O2/c1-9-8-10(2)16-12(11(9)13(17)18)15-7-6-14(3,4)5/h8H,6-7H2,1-5H3,(H,15,16)(H,17,18). The van der Waals surface area contributed by atoms with Gasteiger partial charge in [0.2, 0.25) is 0 Å². The molecule has 0 bridgehead atoms. The fourth-order valence-corrected chi connectivity index (χ4v) is 1.79. The second-order valence-electron chi connectivity index (χ2n) is 5.85. The summed E-state index contributed by atoms with van der Waals surface area (Å²) in [5, 5.41) is 12.4. The Morgan fingerprint density at radius 1 is 1.39 bits per heavy atom. The minimum Gasteiger partial charge on any atom is -0.478 e. The number of carboxylic acids is 1. The van der Waals surface area contributed by atoms with E-state index in [0.29, 0.717) is 5.82 Å². The van der Waals surface area contributed by atoms with Gasteiger partial charge in [-0.1, -0.05) is 20.8 Å². The number of hydrogen-bond acceptors (Lipinski definition) is 3. The third kappa shape index (κ3) is 4.02. The molecule has 2 N–H and O–H groups in total. The van der Waals surface area contributed by atoms with Gasteiger partial charge in [-0.15, -0.1) is 0 Å². The number of carbonyl (C=O) groups is 1. The Morgan fingerprint density at radius 2 is 2.00 bits per heavy atom. The van der Waals surface area contributed by atoms with E-state index < -0.39 is 5.97 Å². The van der Waals surface area contributed by atoms with Crippen LogP contribution in [0.5, 0.6) is 0 Å². The average Bonchev–Trinajstić information content (AvgIpc) is 2.13. The lowest BCUT2D eigenvalue weighted by Crippen LogP contribution is -2.16. The van der Waals surface area contributed by atoms with Crippen LogP contribution in [0.4, 0.5) is 5.82 Å². The molecule has 0 fully saturated rings. The van der Waals surface area contributed by atoms with Gasteiger partial charge in [0.25, 0.3) is 0 Å². The molecule has 1 rings (SSSR count). The van der Waals surface area contributed by atoms with E-state index in [-0.39, 0.29) is 11.0 Å². The van der Waals surface area contributed by atoms with Crippen molar-refractivity contribution in [3.05, 3.63) is 22.9 Å². The number of carboxylic acid groups (broad SMARTS) is 1. The van der Waals surface area contributed by atoms with Crippen LogP contribution in [0.3, 0.4) is 0 Å². The van der Waals surface area contributed by atoms with Crippen molar-refractivity contribution in [3.63, 3.8) is 0 Å². The number of aromatic nitrogens is 1. The van der Waals surface area contributed by atoms with Crippen LogP contribution in [0.2, 0.25) is 0 Å². The van der Waals surface area contributed by atoms with Gasteiger partial charge in [-0.05, 0) is 37.3 Å². The van der Waals surface area contributed by atoms with E-state index >= 15 is 0 Å². The highest BCUT2D eigenvalue weighted by Gasteiger charge is 2.16. The van der Waals surface area contributed by atoms with Gasteiger partial charge in [-0.2, -0.15) is 0 Å². The largest absolute Gasteiger partial charge is 0.478 e. The molecular weight excluding hydrogens is 228 g/mol. The van der Waals surface area contributed by atoms with Gasteiger partial charge < -0.3 is 10.4 Å². The fraction of sp³-hybridized carbons (Fsp3) is 0.571. The molecule has 18 heavy (non-hydrogen) atoms. The zero-order valence-electron chi connectivity index (χ0n) is 11.8. The van der Waals surface area contributed by atoms with E-state index in [2.05, 4.69) is 31.1 Å². The number of anilines is 1. The molecule has 0 spiro atoms. The van der Waals surface area contributed by atoms with Gasteiger partial charge in [0, 0.05) is 12.2 Å². The molecule has 0 amide bonds. The predicted octanol–water partition coefficient (Wildman–Crippen LogP) is 3.24. The number of aromatic carboxylic acids is 1. The maximum absolute atomic E-state index is 11.2. The van der Waals surface area contributed by atoms with Crippen molar-refractivity contribution >= 4 is 11.8 Å². The molecule has 0 aromatic carbocycles. The quantitative estimate of drug-likeness (QED) is 0.861. The van der Waals surface area contributed by atoms with Crippen molar-refractivity contribution < 1.29 is 9.90 Å². The number of aryl methyl sites for hydroxylation is 2. The molecule has 0 aliphatic heterocycles. The first kappa shape index (κ1) is 14.5. The zero-order valence-corrected chi connectivity index (χ0v) is 11.8. The van der Waals surface area contributed by atoms with Crippen LogP contribution in [0.25, 0.3) is 0 Å². The minimum absolute atomic E-state index is 0.218. The first-order valence-electron chi connectivity index (χ1n) is 6.16. The molecule has 100 valence electrons. The Hall–Kier alpha value is -1.58. The first-order chi connectivity index (χ1) is 8.20. The summed E-state index contributed by atoms with van der Waals surface area (Å²) in [6.45, 7) is 10.9. The van der Waals surface area contributed by atoms with Crippen molar-refractivity contribution in [2.45, 2.75) is 41.0 Å². The Labute approximate surface area is 108 Å². The van der Waals surface area contributed by atoms with Crippen molar-refractivity contribution in [1.29, 1.82) is 0 Å². The lowest BCUT2D eigenvalue weighted by atomic mass is 9.92. The van der Waals surface area contributed by atoms with Crippen molar-refractivity contribution in [3.8, 4) is 0 Å². The third-order valence-corrected chi connectivity index (χ3v) is 2.73. The summed E-state index contributed by atoms with van der Waals surface area (Å²) < 4.78 is 0. The number of nitrogens with zero attached hydrogens (tertiary/aromatic N) is 1. The summed E-state index contributed by atoms with van der Waals surface area (Å²) in [5.74, 6) is -0.456. The lowest BCUT2D eigenvalue weighted by molar-refractivity contribution is 0.0697. The number of nitrogens with one attached hydrogen (secondary N) is 1. The van der Waals surface area contributed by atoms with Gasteiger partial charge in [0.05, 0.1) is 0 Å². The average molecular weight is 250 g/mol. The van der Waals surface area contributed by atoms with Crippen LogP contribution in [-0.2, 0) is 0 Å². The van der Waals surface area contributed by atoms with E-state index in [1.165, 1.54) is 0 Å². The van der Waals surface area contributed by atoms with Crippen molar-refractivity contribution in [1.82, 2.24) is 4.98 Å². The monoisotopic (exact) mass is 250 g/mol. The summed E-state index contributed by atoms with van der Waals surface area (Å²) in [6.07, 6.45) is 0.959. The smallest absolute Gasteiger partial charge is 0.339 e. The maximum atomic E-state index is 11.2. The minimum atomic E-state index is -0.932. The Kier molecular flexibility index (Phi) is 4.33. The number of pyridine rings is 1. The Morgan fingerprint density at radius 3 is 2.50 bits per heavy atom. The maximum Gasteiger partial charge on any atom is 0.339 e. The number of rotatable bonds is 4. The second kappa shape index (κ2) is 5.38. The molecule has 4 heteroatoms. The summed E-state index contributed by atoms with van der Waals surface area (Å²) >= 11 is 0. The van der Waals surface area contributed by atoms with Gasteiger partial charge in [0.1, 0.15) is 11.4 Å². The van der Waals surface area contributed by atoms with Gasteiger partial charge in [0.15, 0.2) is 0 Å². The van der Waals surface area contributed by atoms with Crippen LogP contribution in [0.1, 0.15) is 48.8 Å². The van der Waals surface area contributed by atoms with Crippen molar-refractivity contribution in [2.24, 2.45) is 5.41 Å². The summed E-state index contributed by atoms with van der Waals surface area (Å²) in [5.41, 5.74) is 2.06. The molecule has 4 nitrogen and oxygen atoms in total. The highest BCUT2D eigenvalue weighted by atomic mass is 16.4. The van der Waals surface area contributed by atoms with E-state index in [4.69, 9.17) is 0 Å². The second-order valence-corrected chi connectivity index (χ2v) is 5.85. The molecule has 0 saturated heterocycles. The molecule has 0 saturated carbocycles. The van der Waals surface area contributed by atoms with E-state index in [0.717, 1.165) is 24.2 Å². The summed E-state index contributed by atoms with van der Waals surface area (Å²) in [4.78, 5) is 15.5. The zero-order chi connectivity index (χ0) is 13.9. The van der Waals surface area contributed by atoms with Crippen molar-refractivity contribution in [2.75, 3.05) is 11.9 Å². The molecule has 1 heterocycles. The Balaban J connectivity index is 2.90. The number of hydrogen-bond donors (Lipinski definition) is 2. The molecule has 1 aromatic rings. The van der Waals surface area contributed by atoms with E-state index in [1.54, 1.807) is 13.0 Å². The van der Waals surface area contributed by atoms with Crippen LogP contribution in [0.15, 0.2) is 6.07 Å². The van der Waals surface area contributed by atoms with Crippen LogP contribution >= 0.6 is 0 Å².